The van der Waals surface area contributed by atoms with E-state index in [4.69, 9.17) is 10.5 Å². The van der Waals surface area contributed by atoms with Gasteiger partial charge in [-0.1, -0.05) is 6.92 Å². The lowest BCUT2D eigenvalue weighted by molar-refractivity contribution is -0.0681. The monoisotopic (exact) mass is 235 g/mol. The minimum atomic E-state index is -0.261. The van der Waals surface area contributed by atoms with E-state index in [0.717, 1.165) is 24.5 Å². The first-order chi connectivity index (χ1) is 8.18. The molecule has 0 spiro atoms. The van der Waals surface area contributed by atoms with E-state index in [1.54, 1.807) is 25.7 Å². The van der Waals surface area contributed by atoms with Gasteiger partial charge in [0.2, 0.25) is 0 Å². The molecule has 4 nitrogen and oxygen atoms in total. The summed E-state index contributed by atoms with van der Waals surface area (Å²) >= 11 is 0. The summed E-state index contributed by atoms with van der Waals surface area (Å²) in [4.78, 5) is 8.38. The molecular formula is C13H21N3O. The highest BCUT2D eigenvalue weighted by molar-refractivity contribution is 5.10. The van der Waals surface area contributed by atoms with Gasteiger partial charge in [0.25, 0.3) is 0 Å². The van der Waals surface area contributed by atoms with Crippen molar-refractivity contribution in [1.82, 2.24) is 9.97 Å². The Morgan fingerprint density at radius 2 is 2.12 bits per heavy atom. The molecule has 94 valence electrons. The van der Waals surface area contributed by atoms with Crippen LogP contribution in [0.4, 0.5) is 0 Å². The number of aromatic nitrogens is 2. The molecule has 1 heterocycles. The standard InChI is InChI=1S/C13H21N3O/c1-10-3-5-13(17-2,6-4-10)12(14)11-9-15-7-8-16-11/h7-10,12H,3-6,14H2,1-2H3. The largest absolute Gasteiger partial charge is 0.376 e. The second-order valence-electron chi connectivity index (χ2n) is 5.06. The molecule has 1 aliphatic rings. The topological polar surface area (TPSA) is 61.0 Å². The molecule has 4 heteroatoms. The van der Waals surface area contributed by atoms with Crippen LogP contribution in [0, 0.1) is 5.92 Å². The van der Waals surface area contributed by atoms with Crippen LogP contribution in [0.3, 0.4) is 0 Å². The van der Waals surface area contributed by atoms with Crippen LogP contribution in [-0.2, 0) is 4.74 Å². The van der Waals surface area contributed by atoms with Gasteiger partial charge in [-0.25, -0.2) is 0 Å². The van der Waals surface area contributed by atoms with E-state index in [2.05, 4.69) is 16.9 Å². The maximum absolute atomic E-state index is 6.33. The van der Waals surface area contributed by atoms with E-state index in [-0.39, 0.29) is 11.6 Å². The van der Waals surface area contributed by atoms with E-state index in [1.807, 2.05) is 0 Å². The van der Waals surface area contributed by atoms with E-state index in [1.165, 1.54) is 12.8 Å². The molecule has 1 aromatic heterocycles. The van der Waals surface area contributed by atoms with Crippen molar-refractivity contribution in [2.24, 2.45) is 11.7 Å². The maximum atomic E-state index is 6.33. The first-order valence-corrected chi connectivity index (χ1v) is 6.24. The van der Waals surface area contributed by atoms with Gasteiger partial charge in [0.05, 0.1) is 23.5 Å². The molecule has 0 radical (unpaired) electrons. The van der Waals surface area contributed by atoms with Crippen LogP contribution in [0.2, 0.25) is 0 Å². The second kappa shape index (κ2) is 5.10. The fourth-order valence-electron chi connectivity index (χ4n) is 2.63. The zero-order valence-corrected chi connectivity index (χ0v) is 10.6. The molecule has 17 heavy (non-hydrogen) atoms. The van der Waals surface area contributed by atoms with Crippen molar-refractivity contribution in [1.29, 1.82) is 0 Å². The summed E-state index contributed by atoms with van der Waals surface area (Å²) in [5, 5.41) is 0. The molecule has 0 aromatic carbocycles. The predicted molar refractivity (Wildman–Crippen MR) is 66.3 cm³/mol. The maximum Gasteiger partial charge on any atom is 0.0886 e. The van der Waals surface area contributed by atoms with Crippen LogP contribution < -0.4 is 5.73 Å². The average Bonchev–Trinajstić information content (AvgIpc) is 2.40. The third-order valence-electron chi connectivity index (χ3n) is 4.00. The Labute approximate surface area is 103 Å². The molecule has 1 aromatic rings. The molecule has 0 amide bonds. The lowest BCUT2D eigenvalue weighted by Gasteiger charge is -2.42. The van der Waals surface area contributed by atoms with Crippen molar-refractivity contribution >= 4 is 0 Å². The first kappa shape index (κ1) is 12.5. The highest BCUT2D eigenvalue weighted by Gasteiger charge is 2.41. The SMILES string of the molecule is COC1(C(N)c2cnccn2)CCC(C)CC1. The fourth-order valence-corrected chi connectivity index (χ4v) is 2.63. The molecule has 1 unspecified atom stereocenters. The van der Waals surface area contributed by atoms with Crippen molar-refractivity contribution in [3.8, 4) is 0 Å². The number of nitrogens with two attached hydrogens (primary N) is 1. The zero-order chi connectivity index (χ0) is 12.3. The zero-order valence-electron chi connectivity index (χ0n) is 10.6. The second-order valence-corrected chi connectivity index (χ2v) is 5.06. The summed E-state index contributed by atoms with van der Waals surface area (Å²) in [6, 6.07) is -0.186. The summed E-state index contributed by atoms with van der Waals surface area (Å²) in [5.41, 5.74) is 6.89. The van der Waals surface area contributed by atoms with E-state index in [0.29, 0.717) is 0 Å². The van der Waals surface area contributed by atoms with Gasteiger partial charge in [-0.3, -0.25) is 9.97 Å². The summed E-state index contributed by atoms with van der Waals surface area (Å²) in [6.07, 6.45) is 9.43. The quantitative estimate of drug-likeness (QED) is 0.871. The summed E-state index contributed by atoms with van der Waals surface area (Å²) < 4.78 is 5.75. The van der Waals surface area contributed by atoms with Gasteiger partial charge in [0, 0.05) is 19.5 Å². The minimum absolute atomic E-state index is 0.186. The molecule has 1 fully saturated rings. The molecular weight excluding hydrogens is 214 g/mol. The Morgan fingerprint density at radius 1 is 1.41 bits per heavy atom. The van der Waals surface area contributed by atoms with Gasteiger partial charge in [-0.15, -0.1) is 0 Å². The molecule has 0 saturated heterocycles. The number of rotatable bonds is 3. The number of hydrogen-bond donors (Lipinski definition) is 1. The van der Waals surface area contributed by atoms with Crippen LogP contribution >= 0.6 is 0 Å². The lowest BCUT2D eigenvalue weighted by Crippen LogP contribution is -2.46. The van der Waals surface area contributed by atoms with Gasteiger partial charge in [-0.05, 0) is 31.6 Å². The molecule has 1 aliphatic carbocycles. The number of hydrogen-bond acceptors (Lipinski definition) is 4. The lowest BCUT2D eigenvalue weighted by atomic mass is 9.75. The number of ether oxygens (including phenoxy) is 1. The van der Waals surface area contributed by atoms with Crippen molar-refractivity contribution in [2.75, 3.05) is 7.11 Å². The van der Waals surface area contributed by atoms with Crippen molar-refractivity contribution in [2.45, 2.75) is 44.2 Å². The highest BCUT2D eigenvalue weighted by Crippen LogP contribution is 2.40. The minimum Gasteiger partial charge on any atom is -0.376 e. The fraction of sp³-hybridized carbons (Fsp3) is 0.692. The molecule has 1 atom stereocenters. The number of nitrogens with zero attached hydrogens (tertiary/aromatic N) is 2. The predicted octanol–water partition coefficient (Wildman–Crippen LogP) is 2.07. The van der Waals surface area contributed by atoms with E-state index in [9.17, 15) is 0 Å². The van der Waals surface area contributed by atoms with Gasteiger partial charge in [-0.2, -0.15) is 0 Å². The molecule has 2 rings (SSSR count). The number of methoxy groups -OCH3 is 1. The Hall–Kier alpha value is -1.00. The molecule has 0 bridgehead atoms. The van der Waals surface area contributed by atoms with E-state index >= 15 is 0 Å². The van der Waals surface area contributed by atoms with Gasteiger partial charge >= 0.3 is 0 Å². The molecule has 2 N–H and O–H groups in total. The summed E-state index contributed by atoms with van der Waals surface area (Å²) in [6.45, 7) is 2.29. The van der Waals surface area contributed by atoms with Crippen molar-refractivity contribution < 1.29 is 4.74 Å². The van der Waals surface area contributed by atoms with Crippen LogP contribution in [0.15, 0.2) is 18.6 Å². The Balaban J connectivity index is 2.18. The Bertz CT molecular complexity index is 347. The Kier molecular flexibility index (Phi) is 3.74. The average molecular weight is 235 g/mol. The van der Waals surface area contributed by atoms with Crippen LogP contribution in [0.25, 0.3) is 0 Å². The third kappa shape index (κ3) is 2.48. The van der Waals surface area contributed by atoms with Gasteiger partial charge in [0.1, 0.15) is 0 Å². The smallest absolute Gasteiger partial charge is 0.0886 e. The molecule has 1 saturated carbocycles. The summed E-state index contributed by atoms with van der Waals surface area (Å²) in [7, 11) is 1.76. The first-order valence-electron chi connectivity index (χ1n) is 6.24. The third-order valence-corrected chi connectivity index (χ3v) is 4.00. The van der Waals surface area contributed by atoms with Crippen LogP contribution in [0.5, 0.6) is 0 Å². The van der Waals surface area contributed by atoms with E-state index < -0.39 is 0 Å². The Morgan fingerprint density at radius 3 is 2.65 bits per heavy atom. The van der Waals surface area contributed by atoms with Gasteiger partial charge in [0.15, 0.2) is 0 Å². The van der Waals surface area contributed by atoms with Crippen molar-refractivity contribution in [3.63, 3.8) is 0 Å². The van der Waals surface area contributed by atoms with Gasteiger partial charge < -0.3 is 10.5 Å². The van der Waals surface area contributed by atoms with Crippen LogP contribution in [0.1, 0.15) is 44.3 Å². The summed E-state index contributed by atoms with van der Waals surface area (Å²) in [5.74, 6) is 0.771. The van der Waals surface area contributed by atoms with Crippen molar-refractivity contribution in [3.05, 3.63) is 24.3 Å². The van der Waals surface area contributed by atoms with Crippen LogP contribution in [-0.4, -0.2) is 22.7 Å². The molecule has 0 aliphatic heterocycles. The highest BCUT2D eigenvalue weighted by atomic mass is 16.5. The normalized spacial score (nSPS) is 31.1.